The van der Waals surface area contributed by atoms with Crippen LogP contribution in [0.15, 0.2) is 30.7 Å². The number of halogens is 1. The van der Waals surface area contributed by atoms with Crippen molar-refractivity contribution in [3.05, 3.63) is 52.8 Å². The summed E-state index contributed by atoms with van der Waals surface area (Å²) in [7, 11) is 0. The minimum Gasteiger partial charge on any atom is -0.390 e. The van der Waals surface area contributed by atoms with E-state index < -0.39 is 0 Å². The molecule has 1 aliphatic rings. The summed E-state index contributed by atoms with van der Waals surface area (Å²) < 4.78 is 3.74. The Labute approximate surface area is 119 Å². The average molecular weight is 288 g/mol. The van der Waals surface area contributed by atoms with Crippen LogP contribution in [0.3, 0.4) is 0 Å². The zero-order chi connectivity index (χ0) is 13.7. The maximum atomic E-state index is 9.43. The molecule has 0 aliphatic carbocycles. The lowest BCUT2D eigenvalue weighted by molar-refractivity contribution is 0.276. The number of imidazole rings is 1. The van der Waals surface area contributed by atoms with E-state index in [1.165, 1.54) is 0 Å². The molecule has 3 heterocycles. The fraction of sp³-hybridized carbons (Fsp3) is 0.154. The van der Waals surface area contributed by atoms with E-state index in [1.54, 1.807) is 17.2 Å². The van der Waals surface area contributed by atoms with Crippen LogP contribution in [0.25, 0.3) is 11.4 Å². The lowest BCUT2D eigenvalue weighted by Crippen LogP contribution is -2.03. The summed E-state index contributed by atoms with van der Waals surface area (Å²) in [5.41, 5.74) is 4.31. The van der Waals surface area contributed by atoms with Crippen LogP contribution in [0, 0.1) is 0 Å². The van der Waals surface area contributed by atoms with E-state index in [-0.39, 0.29) is 6.61 Å². The van der Waals surface area contributed by atoms with Crippen LogP contribution < -0.4 is 0 Å². The van der Waals surface area contributed by atoms with Crippen molar-refractivity contribution in [1.29, 1.82) is 0 Å². The average Bonchev–Trinajstić information content (AvgIpc) is 3.04. The minimum atomic E-state index is -0.0905. The van der Waals surface area contributed by atoms with E-state index in [9.17, 15) is 5.11 Å². The summed E-state index contributed by atoms with van der Waals surface area (Å²) in [6.45, 7) is -0.0905. The zero-order valence-corrected chi connectivity index (χ0v) is 11.1. The van der Waals surface area contributed by atoms with E-state index in [0.717, 1.165) is 22.8 Å². The molecule has 2 aromatic heterocycles. The molecule has 0 unspecified atom stereocenters. The summed E-state index contributed by atoms with van der Waals surface area (Å²) in [6.07, 6.45) is 4.04. The van der Waals surface area contributed by atoms with E-state index >= 15 is 0 Å². The number of fused-ring (bicyclic) bond motifs is 5. The maximum Gasteiger partial charge on any atom is 0.0999 e. The van der Waals surface area contributed by atoms with Gasteiger partial charge in [-0.2, -0.15) is 0 Å². The molecule has 1 aliphatic heterocycles. The molecular formula is C13H10ClN5O. The summed E-state index contributed by atoms with van der Waals surface area (Å²) in [6, 6.07) is 5.59. The fourth-order valence-electron chi connectivity index (χ4n) is 2.56. The number of aliphatic hydroxyl groups excluding tert-OH is 1. The van der Waals surface area contributed by atoms with Gasteiger partial charge in [0.15, 0.2) is 0 Å². The molecule has 4 rings (SSSR count). The van der Waals surface area contributed by atoms with Crippen molar-refractivity contribution in [1.82, 2.24) is 24.5 Å². The Balaban J connectivity index is 2.09. The van der Waals surface area contributed by atoms with Gasteiger partial charge in [-0.1, -0.05) is 16.8 Å². The molecule has 3 aromatic rings. The van der Waals surface area contributed by atoms with Crippen molar-refractivity contribution in [2.24, 2.45) is 0 Å². The highest BCUT2D eigenvalue weighted by Crippen LogP contribution is 2.30. The van der Waals surface area contributed by atoms with Gasteiger partial charge in [0.1, 0.15) is 0 Å². The summed E-state index contributed by atoms with van der Waals surface area (Å²) >= 11 is 6.10. The highest BCUT2D eigenvalue weighted by molar-refractivity contribution is 6.30. The molecule has 0 saturated heterocycles. The first-order valence-corrected chi connectivity index (χ1v) is 6.51. The smallest absolute Gasteiger partial charge is 0.0999 e. The Bertz CT molecular complexity index is 807. The molecule has 0 spiro atoms. The summed E-state index contributed by atoms with van der Waals surface area (Å²) in [5.74, 6) is 0. The third kappa shape index (κ3) is 1.52. The highest BCUT2D eigenvalue weighted by atomic mass is 35.5. The Morgan fingerprint density at radius 1 is 1.30 bits per heavy atom. The summed E-state index contributed by atoms with van der Waals surface area (Å²) in [4.78, 5) is 4.27. The number of hydrogen-bond donors (Lipinski definition) is 1. The summed E-state index contributed by atoms with van der Waals surface area (Å²) in [5, 5.41) is 18.2. The first-order valence-electron chi connectivity index (χ1n) is 6.14. The lowest BCUT2D eigenvalue weighted by atomic mass is 10.2. The van der Waals surface area contributed by atoms with Crippen molar-refractivity contribution < 1.29 is 5.11 Å². The largest absolute Gasteiger partial charge is 0.390 e. The topological polar surface area (TPSA) is 68.8 Å². The Morgan fingerprint density at radius 3 is 3.05 bits per heavy atom. The molecule has 1 aromatic carbocycles. The van der Waals surface area contributed by atoms with E-state index in [4.69, 9.17) is 11.6 Å². The second-order valence-corrected chi connectivity index (χ2v) is 5.05. The van der Waals surface area contributed by atoms with Crippen LogP contribution >= 0.6 is 11.6 Å². The lowest BCUT2D eigenvalue weighted by Gasteiger charge is -2.09. The third-order valence-corrected chi connectivity index (χ3v) is 3.73. The van der Waals surface area contributed by atoms with Gasteiger partial charge >= 0.3 is 0 Å². The molecule has 0 fully saturated rings. The molecule has 100 valence electrons. The Hall–Kier alpha value is -2.18. The van der Waals surface area contributed by atoms with Gasteiger partial charge in [0.05, 0.1) is 47.6 Å². The number of rotatable bonds is 1. The second kappa shape index (κ2) is 4.16. The quantitative estimate of drug-likeness (QED) is 0.576. The number of aliphatic hydroxyl groups is 1. The van der Waals surface area contributed by atoms with Gasteiger partial charge in [-0.3, -0.25) is 0 Å². The monoisotopic (exact) mass is 287 g/mol. The number of aromatic nitrogens is 5. The van der Waals surface area contributed by atoms with E-state index in [1.807, 2.05) is 22.8 Å². The molecule has 0 bridgehead atoms. The number of nitrogens with zero attached hydrogens (tertiary/aromatic N) is 5. The first-order chi connectivity index (χ1) is 9.78. The maximum absolute atomic E-state index is 9.43. The van der Waals surface area contributed by atoms with E-state index in [0.29, 0.717) is 17.1 Å². The molecular weight excluding hydrogens is 278 g/mol. The van der Waals surface area contributed by atoms with Crippen LogP contribution in [0.1, 0.15) is 17.1 Å². The predicted molar refractivity (Wildman–Crippen MR) is 72.2 cm³/mol. The van der Waals surface area contributed by atoms with Crippen LogP contribution in [0.5, 0.6) is 0 Å². The third-order valence-electron chi connectivity index (χ3n) is 3.50. The zero-order valence-electron chi connectivity index (χ0n) is 10.4. The van der Waals surface area contributed by atoms with Crippen molar-refractivity contribution in [2.75, 3.05) is 0 Å². The van der Waals surface area contributed by atoms with Crippen LogP contribution in [0.4, 0.5) is 0 Å². The van der Waals surface area contributed by atoms with Gasteiger partial charge in [-0.05, 0) is 18.2 Å². The fourth-order valence-corrected chi connectivity index (χ4v) is 2.73. The van der Waals surface area contributed by atoms with Gasteiger partial charge in [0, 0.05) is 11.4 Å². The van der Waals surface area contributed by atoms with Gasteiger partial charge in [0.2, 0.25) is 0 Å². The standard InChI is InChI=1S/C13H10ClN5O/c14-8-1-2-11-13(3-8)19-9(5-16-17-19)4-12-10(6-20)15-7-18(11)12/h1-3,5,7,20H,4,6H2. The van der Waals surface area contributed by atoms with Crippen LogP contribution in [0.2, 0.25) is 5.02 Å². The molecule has 0 saturated carbocycles. The number of hydrogen-bond acceptors (Lipinski definition) is 4. The molecule has 1 N–H and O–H groups in total. The molecule has 6 nitrogen and oxygen atoms in total. The molecule has 20 heavy (non-hydrogen) atoms. The second-order valence-electron chi connectivity index (χ2n) is 4.61. The minimum absolute atomic E-state index is 0.0905. The Morgan fingerprint density at radius 2 is 2.20 bits per heavy atom. The van der Waals surface area contributed by atoms with E-state index in [2.05, 4.69) is 15.3 Å². The van der Waals surface area contributed by atoms with Gasteiger partial charge in [-0.25, -0.2) is 9.67 Å². The Kier molecular flexibility index (Phi) is 2.42. The van der Waals surface area contributed by atoms with Gasteiger partial charge in [-0.15, -0.1) is 5.10 Å². The van der Waals surface area contributed by atoms with Crippen LogP contribution in [-0.2, 0) is 13.0 Å². The highest BCUT2D eigenvalue weighted by Gasteiger charge is 2.22. The van der Waals surface area contributed by atoms with Crippen molar-refractivity contribution >= 4 is 11.6 Å². The number of benzene rings is 1. The van der Waals surface area contributed by atoms with Gasteiger partial charge < -0.3 is 9.67 Å². The first kappa shape index (κ1) is 11.6. The van der Waals surface area contributed by atoms with Crippen molar-refractivity contribution in [3.8, 4) is 11.4 Å². The molecule has 0 amide bonds. The predicted octanol–water partition coefficient (Wildman–Crippen LogP) is 1.50. The SMILES string of the molecule is OCc1ncn2c1Cc1cnnn1-c1cc(Cl)ccc1-2. The molecule has 7 heteroatoms. The normalized spacial score (nSPS) is 12.5. The molecule has 0 radical (unpaired) electrons. The van der Waals surface area contributed by atoms with Crippen molar-refractivity contribution in [3.63, 3.8) is 0 Å². The van der Waals surface area contributed by atoms with Crippen LogP contribution in [-0.4, -0.2) is 29.7 Å². The van der Waals surface area contributed by atoms with Crippen molar-refractivity contribution in [2.45, 2.75) is 13.0 Å². The van der Waals surface area contributed by atoms with Gasteiger partial charge in [0.25, 0.3) is 0 Å². The molecule has 0 atom stereocenters.